The van der Waals surface area contributed by atoms with Crippen LogP contribution in [0.1, 0.15) is 11.8 Å². The molecule has 2 heterocycles. The van der Waals surface area contributed by atoms with E-state index in [0.29, 0.717) is 12.2 Å². The van der Waals surface area contributed by atoms with Crippen LogP contribution in [0.5, 0.6) is 0 Å². The molecule has 98 valence electrons. The van der Waals surface area contributed by atoms with Gasteiger partial charge in [-0.05, 0) is 13.0 Å². The highest BCUT2D eigenvalue weighted by molar-refractivity contribution is 5.07. The molecule has 2 atom stereocenters. The average molecular weight is 252 g/mol. The Morgan fingerprint density at radius 3 is 2.78 bits per heavy atom. The highest BCUT2D eigenvalue weighted by Gasteiger charge is 2.22. The molecule has 0 radical (unpaired) electrons. The number of aromatic nitrogens is 2. The van der Waals surface area contributed by atoms with Gasteiger partial charge >= 0.3 is 5.69 Å². The smallest absolute Gasteiger partial charge is 0.333 e. The third kappa shape index (κ3) is 2.16. The molecule has 1 aromatic rings. The monoisotopic (exact) mass is 252 g/mol. The Morgan fingerprint density at radius 2 is 2.11 bits per heavy atom. The second-order valence-electron chi connectivity index (χ2n) is 4.27. The van der Waals surface area contributed by atoms with Gasteiger partial charge in [-0.25, -0.2) is 4.79 Å². The van der Waals surface area contributed by atoms with Crippen LogP contribution in [0.15, 0.2) is 27.9 Å². The molecule has 2 unspecified atom stereocenters. The molecule has 18 heavy (non-hydrogen) atoms. The zero-order valence-electron chi connectivity index (χ0n) is 10.6. The summed E-state index contributed by atoms with van der Waals surface area (Å²) in [5.74, 6) is 0. The number of ether oxygens (including phenoxy) is 2. The molecule has 0 spiro atoms. The number of rotatable bonds is 3. The van der Waals surface area contributed by atoms with E-state index in [4.69, 9.17) is 9.47 Å². The van der Waals surface area contributed by atoms with Crippen LogP contribution in [0.2, 0.25) is 0 Å². The zero-order valence-corrected chi connectivity index (χ0v) is 10.6. The molecule has 0 bridgehead atoms. The fourth-order valence-electron chi connectivity index (χ4n) is 1.93. The Balaban J connectivity index is 2.35. The van der Waals surface area contributed by atoms with Gasteiger partial charge in [0.1, 0.15) is 6.10 Å². The highest BCUT2D eigenvalue weighted by atomic mass is 16.5. The Bertz CT molecular complexity index is 585. The van der Waals surface area contributed by atoms with Crippen molar-refractivity contribution in [2.45, 2.75) is 19.3 Å². The van der Waals surface area contributed by atoms with Gasteiger partial charge < -0.3 is 9.47 Å². The lowest BCUT2D eigenvalue weighted by Crippen LogP contribution is -2.40. The first kappa shape index (κ1) is 12.8. The van der Waals surface area contributed by atoms with Crippen molar-refractivity contribution in [3.63, 3.8) is 0 Å². The number of nitrogens with zero attached hydrogens (tertiary/aromatic N) is 2. The van der Waals surface area contributed by atoms with Gasteiger partial charge in [0.15, 0.2) is 6.23 Å². The van der Waals surface area contributed by atoms with E-state index in [-0.39, 0.29) is 11.7 Å². The van der Waals surface area contributed by atoms with E-state index in [2.05, 4.69) is 0 Å². The van der Waals surface area contributed by atoms with Crippen molar-refractivity contribution < 1.29 is 9.47 Å². The van der Waals surface area contributed by atoms with Crippen molar-refractivity contribution in [3.05, 3.63) is 44.8 Å². The average Bonchev–Trinajstić information content (AvgIpc) is 2.80. The Kier molecular flexibility index (Phi) is 3.49. The third-order valence-corrected chi connectivity index (χ3v) is 2.89. The van der Waals surface area contributed by atoms with Crippen LogP contribution in [0, 0.1) is 6.92 Å². The van der Waals surface area contributed by atoms with Crippen molar-refractivity contribution in [1.29, 1.82) is 0 Å². The summed E-state index contributed by atoms with van der Waals surface area (Å²) < 4.78 is 13.1. The minimum atomic E-state index is -0.483. The van der Waals surface area contributed by atoms with Gasteiger partial charge in [-0.15, -0.1) is 0 Å². The molecular weight excluding hydrogens is 236 g/mol. The van der Waals surface area contributed by atoms with Crippen LogP contribution in [-0.2, 0) is 16.5 Å². The molecule has 0 saturated carbocycles. The van der Waals surface area contributed by atoms with Crippen molar-refractivity contribution in [2.75, 3.05) is 13.7 Å². The van der Waals surface area contributed by atoms with Gasteiger partial charge in [0.25, 0.3) is 5.56 Å². The van der Waals surface area contributed by atoms with E-state index in [0.717, 1.165) is 4.57 Å². The molecule has 0 saturated heterocycles. The van der Waals surface area contributed by atoms with Crippen LogP contribution >= 0.6 is 0 Å². The van der Waals surface area contributed by atoms with Gasteiger partial charge in [0, 0.05) is 25.9 Å². The minimum absolute atomic E-state index is 0.163. The first-order valence-corrected chi connectivity index (χ1v) is 5.66. The molecular formula is C12H16N2O4. The molecule has 1 aliphatic rings. The topological polar surface area (TPSA) is 62.5 Å². The Morgan fingerprint density at radius 1 is 1.39 bits per heavy atom. The SMILES string of the molecule is COCC1C=CC(n2cc(C)c(=O)n(C)c2=O)O1. The summed E-state index contributed by atoms with van der Waals surface area (Å²) in [5.41, 5.74) is -0.172. The van der Waals surface area contributed by atoms with Crippen LogP contribution in [-0.4, -0.2) is 29.0 Å². The number of aryl methyl sites for hydroxylation is 1. The summed E-state index contributed by atoms with van der Waals surface area (Å²) in [7, 11) is 3.05. The predicted octanol–water partition coefficient (Wildman–Crippen LogP) is -0.0446. The number of methoxy groups -OCH3 is 1. The number of hydrogen-bond acceptors (Lipinski definition) is 4. The summed E-state index contributed by atoms with van der Waals surface area (Å²) in [4.78, 5) is 23.6. The van der Waals surface area contributed by atoms with E-state index < -0.39 is 11.9 Å². The molecule has 6 nitrogen and oxygen atoms in total. The van der Waals surface area contributed by atoms with Gasteiger partial charge in [-0.1, -0.05) is 6.08 Å². The molecule has 6 heteroatoms. The molecule has 0 aliphatic carbocycles. The first-order chi connectivity index (χ1) is 8.54. The lowest BCUT2D eigenvalue weighted by Gasteiger charge is -2.17. The standard InChI is InChI=1S/C12H16N2O4/c1-8-6-14(12(16)13(2)11(8)15)10-5-4-9(18-10)7-17-3/h4-6,9-10H,7H2,1-3H3. The van der Waals surface area contributed by atoms with Crippen molar-refractivity contribution in [1.82, 2.24) is 9.13 Å². The lowest BCUT2D eigenvalue weighted by molar-refractivity contribution is -0.0207. The largest absolute Gasteiger partial charge is 0.382 e. The minimum Gasteiger partial charge on any atom is -0.382 e. The summed E-state index contributed by atoms with van der Waals surface area (Å²) in [5, 5.41) is 0. The van der Waals surface area contributed by atoms with E-state index in [1.54, 1.807) is 20.1 Å². The first-order valence-electron chi connectivity index (χ1n) is 5.66. The summed E-state index contributed by atoms with van der Waals surface area (Å²) in [6.45, 7) is 2.11. The van der Waals surface area contributed by atoms with E-state index in [1.807, 2.05) is 6.08 Å². The van der Waals surface area contributed by atoms with Crippen LogP contribution in [0.25, 0.3) is 0 Å². The Hall–Kier alpha value is -1.66. The van der Waals surface area contributed by atoms with Gasteiger partial charge in [-0.2, -0.15) is 0 Å². The Labute approximate surface area is 104 Å². The van der Waals surface area contributed by atoms with E-state index >= 15 is 0 Å². The molecule has 0 aromatic carbocycles. The molecule has 2 rings (SSSR count). The van der Waals surface area contributed by atoms with Crippen molar-refractivity contribution in [3.8, 4) is 0 Å². The van der Waals surface area contributed by atoms with Gasteiger partial charge in [-0.3, -0.25) is 13.9 Å². The van der Waals surface area contributed by atoms with Crippen LogP contribution < -0.4 is 11.2 Å². The fraction of sp³-hybridized carbons (Fsp3) is 0.500. The summed E-state index contributed by atoms with van der Waals surface area (Å²) in [6.07, 6.45) is 4.51. The molecule has 1 aliphatic heterocycles. The quantitative estimate of drug-likeness (QED) is 0.708. The second-order valence-corrected chi connectivity index (χ2v) is 4.27. The maximum absolute atomic E-state index is 12.0. The zero-order chi connectivity index (χ0) is 13.3. The van der Waals surface area contributed by atoms with Gasteiger partial charge in [0.05, 0.1) is 6.61 Å². The number of hydrogen-bond donors (Lipinski definition) is 0. The van der Waals surface area contributed by atoms with E-state index in [1.165, 1.54) is 17.8 Å². The van der Waals surface area contributed by atoms with Crippen molar-refractivity contribution >= 4 is 0 Å². The second kappa shape index (κ2) is 4.91. The van der Waals surface area contributed by atoms with Crippen molar-refractivity contribution in [2.24, 2.45) is 7.05 Å². The van der Waals surface area contributed by atoms with E-state index in [9.17, 15) is 9.59 Å². The fourth-order valence-corrected chi connectivity index (χ4v) is 1.93. The predicted molar refractivity (Wildman–Crippen MR) is 65.6 cm³/mol. The molecule has 0 amide bonds. The van der Waals surface area contributed by atoms with Crippen LogP contribution in [0.4, 0.5) is 0 Å². The summed E-state index contributed by atoms with van der Waals surface area (Å²) in [6, 6.07) is 0. The third-order valence-electron chi connectivity index (χ3n) is 2.89. The van der Waals surface area contributed by atoms with Gasteiger partial charge in [0.2, 0.25) is 0 Å². The highest BCUT2D eigenvalue weighted by Crippen LogP contribution is 2.19. The molecule has 0 fully saturated rings. The molecule has 0 N–H and O–H groups in total. The normalized spacial score (nSPS) is 22.6. The maximum Gasteiger partial charge on any atom is 0.333 e. The maximum atomic E-state index is 12.0. The molecule has 1 aromatic heterocycles. The summed E-state index contributed by atoms with van der Waals surface area (Å²) >= 11 is 0. The van der Waals surface area contributed by atoms with Crippen LogP contribution in [0.3, 0.4) is 0 Å². The lowest BCUT2D eigenvalue weighted by atomic mass is 10.3.